The molecular weight excluding hydrogens is 112 g/mol. The summed E-state index contributed by atoms with van der Waals surface area (Å²) in [5.41, 5.74) is 0.232. The molecule has 0 bridgehead atoms. The van der Waals surface area contributed by atoms with Crippen LogP contribution in [0.25, 0.3) is 0 Å². The van der Waals surface area contributed by atoms with Crippen LogP contribution in [0, 0.1) is 5.41 Å². The molecule has 1 heteroatoms. The second-order valence-electron chi connectivity index (χ2n) is 2.94. The maximum atomic E-state index is 4.93. The molecule has 0 rings (SSSR count). The monoisotopic (exact) mass is 128 g/mol. The average Bonchev–Trinajstić information content (AvgIpc) is 1.84. The zero-order valence-electron chi connectivity index (χ0n) is 6.61. The lowest BCUT2D eigenvalue weighted by atomic mass is 9.90. The smallest absolute Gasteiger partial charge is 0.0470 e. The van der Waals surface area contributed by atoms with E-state index in [-0.39, 0.29) is 5.41 Å². The molecule has 9 heavy (non-hydrogen) atoms. The molecule has 0 saturated carbocycles. The van der Waals surface area contributed by atoms with E-state index >= 15 is 0 Å². The Morgan fingerprint density at radius 2 is 2.11 bits per heavy atom. The summed E-state index contributed by atoms with van der Waals surface area (Å²) >= 11 is 0. The largest absolute Gasteiger partial charge is 0.385 e. The van der Waals surface area contributed by atoms with E-state index in [2.05, 4.69) is 20.4 Å². The van der Waals surface area contributed by atoms with Gasteiger partial charge in [0.2, 0.25) is 0 Å². The van der Waals surface area contributed by atoms with E-state index < -0.39 is 0 Å². The summed E-state index contributed by atoms with van der Waals surface area (Å²) in [7, 11) is 1.72. The number of rotatable bonds is 4. The maximum Gasteiger partial charge on any atom is 0.0470 e. The third-order valence-corrected chi connectivity index (χ3v) is 1.50. The molecule has 0 aromatic carbocycles. The average molecular weight is 128 g/mol. The van der Waals surface area contributed by atoms with Crippen molar-refractivity contribution in [2.75, 3.05) is 13.7 Å². The van der Waals surface area contributed by atoms with E-state index in [9.17, 15) is 0 Å². The second-order valence-corrected chi connectivity index (χ2v) is 2.94. The molecule has 0 aliphatic carbocycles. The third-order valence-electron chi connectivity index (χ3n) is 1.50. The molecule has 0 saturated heterocycles. The van der Waals surface area contributed by atoms with Gasteiger partial charge in [0.25, 0.3) is 0 Å². The summed E-state index contributed by atoms with van der Waals surface area (Å²) in [6.45, 7) is 8.85. The molecule has 0 spiro atoms. The van der Waals surface area contributed by atoms with E-state index in [1.54, 1.807) is 7.11 Å². The first kappa shape index (κ1) is 8.70. The Kier molecular flexibility index (Phi) is 3.55. The molecule has 0 fully saturated rings. The Morgan fingerprint density at radius 3 is 2.44 bits per heavy atom. The van der Waals surface area contributed by atoms with Gasteiger partial charge in [-0.05, 0) is 11.8 Å². The first-order chi connectivity index (χ1) is 4.12. The van der Waals surface area contributed by atoms with Crippen molar-refractivity contribution in [2.45, 2.75) is 20.3 Å². The van der Waals surface area contributed by atoms with Gasteiger partial charge >= 0.3 is 0 Å². The molecule has 0 heterocycles. The van der Waals surface area contributed by atoms with Crippen molar-refractivity contribution < 1.29 is 4.74 Å². The molecule has 0 radical (unpaired) electrons. The number of hydrogen-bond donors (Lipinski definition) is 0. The standard InChI is InChI=1S/C8H16O/c1-5-8(2,3)6-7-9-4/h5H,1,6-7H2,2-4H3. The summed E-state index contributed by atoms with van der Waals surface area (Å²) in [5, 5.41) is 0. The highest BCUT2D eigenvalue weighted by molar-refractivity contribution is 4.86. The van der Waals surface area contributed by atoms with Crippen LogP contribution < -0.4 is 0 Å². The predicted octanol–water partition coefficient (Wildman–Crippen LogP) is 2.24. The molecule has 0 N–H and O–H groups in total. The van der Waals surface area contributed by atoms with E-state index in [1.807, 2.05) is 6.08 Å². The van der Waals surface area contributed by atoms with E-state index in [1.165, 1.54) is 0 Å². The fourth-order valence-corrected chi connectivity index (χ4v) is 0.467. The SMILES string of the molecule is C=CC(C)(C)CCOC. The molecule has 0 amide bonds. The van der Waals surface area contributed by atoms with Crippen LogP contribution in [-0.2, 0) is 4.74 Å². The van der Waals surface area contributed by atoms with Gasteiger partial charge in [-0.15, -0.1) is 6.58 Å². The minimum Gasteiger partial charge on any atom is -0.385 e. The number of methoxy groups -OCH3 is 1. The first-order valence-electron chi connectivity index (χ1n) is 3.25. The van der Waals surface area contributed by atoms with Gasteiger partial charge in [0.1, 0.15) is 0 Å². The Morgan fingerprint density at radius 1 is 1.56 bits per heavy atom. The Balaban J connectivity index is 3.45. The summed E-state index contributed by atoms with van der Waals surface area (Å²) in [5.74, 6) is 0. The van der Waals surface area contributed by atoms with Crippen molar-refractivity contribution in [1.82, 2.24) is 0 Å². The van der Waals surface area contributed by atoms with E-state index in [4.69, 9.17) is 4.74 Å². The van der Waals surface area contributed by atoms with Crippen molar-refractivity contribution in [2.24, 2.45) is 5.41 Å². The van der Waals surface area contributed by atoms with Gasteiger partial charge < -0.3 is 4.74 Å². The summed E-state index contributed by atoms with van der Waals surface area (Å²) in [4.78, 5) is 0. The topological polar surface area (TPSA) is 9.23 Å². The van der Waals surface area contributed by atoms with Crippen LogP contribution in [0.5, 0.6) is 0 Å². The highest BCUT2D eigenvalue weighted by Gasteiger charge is 2.10. The molecule has 0 aromatic rings. The van der Waals surface area contributed by atoms with Crippen molar-refractivity contribution in [3.8, 4) is 0 Å². The van der Waals surface area contributed by atoms with Gasteiger partial charge in [-0.3, -0.25) is 0 Å². The number of ether oxygens (including phenoxy) is 1. The minimum absolute atomic E-state index is 0.232. The quantitative estimate of drug-likeness (QED) is 0.527. The van der Waals surface area contributed by atoms with Crippen molar-refractivity contribution >= 4 is 0 Å². The lowest BCUT2D eigenvalue weighted by Crippen LogP contribution is -2.09. The highest BCUT2D eigenvalue weighted by atomic mass is 16.5. The molecule has 1 nitrogen and oxygen atoms in total. The van der Waals surface area contributed by atoms with Crippen molar-refractivity contribution in [1.29, 1.82) is 0 Å². The van der Waals surface area contributed by atoms with Gasteiger partial charge in [-0.1, -0.05) is 19.9 Å². The third kappa shape index (κ3) is 4.22. The van der Waals surface area contributed by atoms with Gasteiger partial charge in [-0.25, -0.2) is 0 Å². The summed E-state index contributed by atoms with van der Waals surface area (Å²) in [6, 6.07) is 0. The zero-order valence-corrected chi connectivity index (χ0v) is 6.61. The van der Waals surface area contributed by atoms with Crippen LogP contribution in [0.15, 0.2) is 12.7 Å². The maximum absolute atomic E-state index is 4.93. The summed E-state index contributed by atoms with van der Waals surface area (Å²) < 4.78 is 4.93. The lowest BCUT2D eigenvalue weighted by molar-refractivity contribution is 0.168. The molecule has 0 atom stereocenters. The van der Waals surface area contributed by atoms with Crippen LogP contribution in [0.3, 0.4) is 0 Å². The minimum atomic E-state index is 0.232. The Hall–Kier alpha value is -0.300. The molecule has 0 aliphatic rings. The normalized spacial score (nSPS) is 11.4. The van der Waals surface area contributed by atoms with Crippen molar-refractivity contribution in [3.05, 3.63) is 12.7 Å². The van der Waals surface area contributed by atoms with Crippen LogP contribution in [0.1, 0.15) is 20.3 Å². The lowest BCUT2D eigenvalue weighted by Gasteiger charge is -2.17. The Labute approximate surface area is 57.7 Å². The fourth-order valence-electron chi connectivity index (χ4n) is 0.467. The van der Waals surface area contributed by atoms with Crippen LogP contribution in [-0.4, -0.2) is 13.7 Å². The summed E-state index contributed by atoms with van der Waals surface area (Å²) in [6.07, 6.45) is 3.01. The zero-order chi connectivity index (χ0) is 7.33. The van der Waals surface area contributed by atoms with Gasteiger partial charge in [-0.2, -0.15) is 0 Å². The molecular formula is C8H16O. The van der Waals surface area contributed by atoms with Crippen LogP contribution >= 0.6 is 0 Å². The predicted molar refractivity (Wildman–Crippen MR) is 40.5 cm³/mol. The van der Waals surface area contributed by atoms with Crippen LogP contribution in [0.2, 0.25) is 0 Å². The van der Waals surface area contributed by atoms with E-state index in [0.717, 1.165) is 13.0 Å². The van der Waals surface area contributed by atoms with E-state index in [0.29, 0.717) is 0 Å². The van der Waals surface area contributed by atoms with Gasteiger partial charge in [0.05, 0.1) is 0 Å². The Bertz CT molecular complexity index is 84.6. The van der Waals surface area contributed by atoms with Crippen LogP contribution in [0.4, 0.5) is 0 Å². The molecule has 0 unspecified atom stereocenters. The first-order valence-corrected chi connectivity index (χ1v) is 3.25. The fraction of sp³-hybridized carbons (Fsp3) is 0.750. The second kappa shape index (κ2) is 3.67. The van der Waals surface area contributed by atoms with Crippen molar-refractivity contribution in [3.63, 3.8) is 0 Å². The molecule has 0 aromatic heterocycles. The van der Waals surface area contributed by atoms with Gasteiger partial charge in [0, 0.05) is 13.7 Å². The number of hydrogen-bond acceptors (Lipinski definition) is 1. The molecule has 54 valence electrons. The number of allylic oxidation sites excluding steroid dienone is 1. The van der Waals surface area contributed by atoms with Gasteiger partial charge in [0.15, 0.2) is 0 Å². The molecule has 0 aliphatic heterocycles. The highest BCUT2D eigenvalue weighted by Crippen LogP contribution is 2.20.